The minimum atomic E-state index is -3.68. The van der Waals surface area contributed by atoms with Gasteiger partial charge in [-0.3, -0.25) is 9.59 Å². The van der Waals surface area contributed by atoms with Crippen LogP contribution >= 0.6 is 0 Å². The Balaban J connectivity index is 1.32. The molecule has 5 aliphatic rings. The van der Waals surface area contributed by atoms with Gasteiger partial charge in [0.1, 0.15) is 5.75 Å². The van der Waals surface area contributed by atoms with Crippen molar-refractivity contribution in [1.82, 2.24) is 14.2 Å². The van der Waals surface area contributed by atoms with Gasteiger partial charge in [-0.15, -0.1) is 0 Å². The van der Waals surface area contributed by atoms with Crippen LogP contribution in [0.2, 0.25) is 0 Å². The Bertz CT molecular complexity index is 1780. The van der Waals surface area contributed by atoms with E-state index in [2.05, 4.69) is 21.4 Å². The Morgan fingerprint density at radius 2 is 1.77 bits per heavy atom. The van der Waals surface area contributed by atoms with Crippen molar-refractivity contribution in [3.63, 3.8) is 0 Å². The highest BCUT2D eigenvalue weighted by Crippen LogP contribution is 2.66. The number of methoxy groups -OCH3 is 1. The summed E-state index contributed by atoms with van der Waals surface area (Å²) in [5.74, 6) is 0.775. The number of nitrogens with one attached hydrogen (secondary N) is 1. The molecule has 3 aliphatic carbocycles. The van der Waals surface area contributed by atoms with Crippen LogP contribution in [0.25, 0.3) is 22.2 Å². The van der Waals surface area contributed by atoms with Crippen LogP contribution in [-0.2, 0) is 26.1 Å². The summed E-state index contributed by atoms with van der Waals surface area (Å²) in [5.41, 5.74) is 5.31. The van der Waals surface area contributed by atoms with E-state index in [1.165, 1.54) is 24.8 Å². The third-order valence-corrected chi connectivity index (χ3v) is 12.5. The Labute approximate surface area is 257 Å². The third kappa shape index (κ3) is 4.47. The summed E-state index contributed by atoms with van der Waals surface area (Å²) >= 11 is 0. The van der Waals surface area contributed by atoms with E-state index in [9.17, 15) is 18.0 Å². The van der Waals surface area contributed by atoms with Gasteiger partial charge in [-0.2, -0.15) is 0 Å². The van der Waals surface area contributed by atoms with Crippen LogP contribution < -0.4 is 9.46 Å². The van der Waals surface area contributed by atoms with E-state index >= 15 is 0 Å². The molecule has 44 heavy (non-hydrogen) atoms. The first-order valence-corrected chi connectivity index (χ1v) is 17.6. The summed E-state index contributed by atoms with van der Waals surface area (Å²) in [7, 11) is -2.01. The summed E-state index contributed by atoms with van der Waals surface area (Å²) in [6.45, 7) is 2.77. The largest absolute Gasteiger partial charge is 0.497 e. The number of amides is 2. The second kappa shape index (κ2) is 10.3. The van der Waals surface area contributed by atoms with Gasteiger partial charge < -0.3 is 18.9 Å². The fourth-order valence-electron chi connectivity index (χ4n) is 8.15. The number of carbonyl (C=O) groups is 2. The SMILES string of the molecule is COc1ccc2c(c1)C1CC1(C(=O)N1CCOCC1)Cn1c-2c(C2CCCCC2)c2ccc(C(=O)NS(=O)(=O)C3CC3)cc21. The van der Waals surface area contributed by atoms with Gasteiger partial charge >= 0.3 is 0 Å². The van der Waals surface area contributed by atoms with Crippen LogP contribution in [0.5, 0.6) is 5.75 Å². The quantitative estimate of drug-likeness (QED) is 0.420. The number of fused-ring (bicyclic) bond motifs is 7. The summed E-state index contributed by atoms with van der Waals surface area (Å²) in [6.07, 6.45) is 7.70. The highest BCUT2D eigenvalue weighted by Gasteiger charge is 2.64. The molecule has 9 nitrogen and oxygen atoms in total. The van der Waals surface area contributed by atoms with E-state index in [-0.39, 0.29) is 11.8 Å². The number of aromatic nitrogens is 1. The van der Waals surface area contributed by atoms with Gasteiger partial charge in [0, 0.05) is 47.6 Å². The molecule has 0 spiro atoms. The maximum absolute atomic E-state index is 14.4. The van der Waals surface area contributed by atoms with Crippen LogP contribution in [0.4, 0.5) is 0 Å². The molecule has 2 amide bonds. The van der Waals surface area contributed by atoms with Crippen molar-refractivity contribution in [2.24, 2.45) is 5.41 Å². The van der Waals surface area contributed by atoms with Crippen LogP contribution in [0.1, 0.15) is 84.7 Å². The Hall–Kier alpha value is -3.37. The van der Waals surface area contributed by atoms with Gasteiger partial charge in [-0.1, -0.05) is 25.3 Å². The molecule has 3 heterocycles. The molecule has 0 bridgehead atoms. The molecular weight excluding hydrogens is 578 g/mol. The van der Waals surface area contributed by atoms with Crippen molar-refractivity contribution in [1.29, 1.82) is 0 Å². The van der Waals surface area contributed by atoms with E-state index < -0.39 is 26.6 Å². The minimum Gasteiger partial charge on any atom is -0.497 e. The smallest absolute Gasteiger partial charge is 0.264 e. The second-order valence-electron chi connectivity index (χ2n) is 13.4. The van der Waals surface area contributed by atoms with E-state index in [4.69, 9.17) is 9.47 Å². The first kappa shape index (κ1) is 28.1. The van der Waals surface area contributed by atoms with Crippen molar-refractivity contribution in [2.45, 2.75) is 75.0 Å². The zero-order valence-electron chi connectivity index (χ0n) is 25.1. The molecular formula is C34H39N3O6S. The van der Waals surface area contributed by atoms with Crippen LogP contribution in [0.15, 0.2) is 36.4 Å². The molecule has 232 valence electrons. The van der Waals surface area contributed by atoms with Crippen molar-refractivity contribution >= 4 is 32.7 Å². The number of hydrogen-bond acceptors (Lipinski definition) is 6. The molecule has 0 radical (unpaired) electrons. The molecule has 1 saturated heterocycles. The number of carbonyl (C=O) groups excluding carboxylic acids is 2. The molecule has 2 atom stereocenters. The first-order chi connectivity index (χ1) is 21.3. The average molecular weight is 618 g/mol. The number of benzene rings is 2. The molecule has 1 aromatic heterocycles. The van der Waals surface area contributed by atoms with E-state index in [1.807, 2.05) is 23.1 Å². The molecule has 8 rings (SSSR count). The molecule has 2 aromatic carbocycles. The number of morpholine rings is 1. The van der Waals surface area contributed by atoms with Crippen LogP contribution in [0, 0.1) is 5.41 Å². The van der Waals surface area contributed by atoms with Crippen molar-refractivity contribution in [3.05, 3.63) is 53.1 Å². The van der Waals surface area contributed by atoms with E-state index in [0.717, 1.165) is 52.7 Å². The summed E-state index contributed by atoms with van der Waals surface area (Å²) in [4.78, 5) is 29.7. The van der Waals surface area contributed by atoms with Crippen molar-refractivity contribution in [2.75, 3.05) is 33.4 Å². The van der Waals surface area contributed by atoms with Crippen LogP contribution in [-0.4, -0.2) is 68.4 Å². The normalized spacial score (nSPS) is 25.0. The predicted octanol–water partition coefficient (Wildman–Crippen LogP) is 4.93. The lowest BCUT2D eigenvalue weighted by Crippen LogP contribution is -2.45. The van der Waals surface area contributed by atoms with Crippen LogP contribution in [0.3, 0.4) is 0 Å². The van der Waals surface area contributed by atoms with Crippen molar-refractivity contribution in [3.8, 4) is 17.0 Å². The second-order valence-corrected chi connectivity index (χ2v) is 15.3. The zero-order chi connectivity index (χ0) is 30.2. The van der Waals surface area contributed by atoms with Gasteiger partial charge in [0.05, 0.1) is 36.7 Å². The lowest BCUT2D eigenvalue weighted by Gasteiger charge is -2.31. The fourth-order valence-corrected chi connectivity index (χ4v) is 9.45. The molecule has 10 heteroatoms. The predicted molar refractivity (Wildman–Crippen MR) is 166 cm³/mol. The number of ether oxygens (including phenoxy) is 2. The topological polar surface area (TPSA) is 107 Å². The molecule has 3 aromatic rings. The summed E-state index contributed by atoms with van der Waals surface area (Å²) in [6, 6.07) is 11.9. The standard InChI is InChI=1S/C34H39N3O6S/c1-42-23-8-12-25-27(18-23)28-19-34(28,33(39)36-13-15-43-16-14-36)20-37-29-17-22(32(38)35-44(40,41)24-9-10-24)7-11-26(29)30(31(25)37)21-5-3-2-4-6-21/h7-8,11-12,17-18,21,24,28H,2-6,9-10,13-16,19-20H2,1H3,(H,35,38). The van der Waals surface area contributed by atoms with Crippen molar-refractivity contribution < 1.29 is 27.5 Å². The molecule has 2 aliphatic heterocycles. The summed E-state index contributed by atoms with van der Waals surface area (Å²) < 4.78 is 41.1. The van der Waals surface area contributed by atoms with Gasteiger partial charge in [0.2, 0.25) is 15.9 Å². The lowest BCUT2D eigenvalue weighted by atomic mass is 9.81. The van der Waals surface area contributed by atoms with E-state index in [0.29, 0.717) is 57.2 Å². The zero-order valence-corrected chi connectivity index (χ0v) is 26.0. The monoisotopic (exact) mass is 617 g/mol. The lowest BCUT2D eigenvalue weighted by molar-refractivity contribution is -0.141. The number of rotatable bonds is 6. The Kier molecular flexibility index (Phi) is 6.61. The number of sulfonamides is 1. The highest BCUT2D eigenvalue weighted by molar-refractivity contribution is 7.91. The maximum atomic E-state index is 14.4. The fraction of sp³-hybridized carbons (Fsp3) is 0.529. The Morgan fingerprint density at radius 1 is 1.00 bits per heavy atom. The third-order valence-electron chi connectivity index (χ3n) is 10.7. The Morgan fingerprint density at radius 3 is 2.50 bits per heavy atom. The average Bonchev–Trinajstić information content (AvgIpc) is 3.97. The van der Waals surface area contributed by atoms with Gasteiger partial charge in [0.15, 0.2) is 0 Å². The molecule has 3 saturated carbocycles. The van der Waals surface area contributed by atoms with Gasteiger partial charge in [0.25, 0.3) is 5.91 Å². The summed E-state index contributed by atoms with van der Waals surface area (Å²) in [5, 5.41) is 0.604. The number of nitrogens with zero attached hydrogens (tertiary/aromatic N) is 2. The molecule has 1 N–H and O–H groups in total. The minimum absolute atomic E-state index is 0.0623. The number of hydrogen-bond donors (Lipinski definition) is 1. The molecule has 2 unspecified atom stereocenters. The first-order valence-electron chi connectivity index (χ1n) is 16.1. The van der Waals surface area contributed by atoms with E-state index in [1.54, 1.807) is 13.2 Å². The van der Waals surface area contributed by atoms with Gasteiger partial charge in [-0.05, 0) is 79.5 Å². The van der Waals surface area contributed by atoms with Gasteiger partial charge in [-0.25, -0.2) is 13.1 Å². The molecule has 4 fully saturated rings. The highest BCUT2D eigenvalue weighted by atomic mass is 32.2. The maximum Gasteiger partial charge on any atom is 0.264 e.